The van der Waals surface area contributed by atoms with Crippen molar-refractivity contribution < 1.29 is 66.8 Å². The third-order valence-electron chi connectivity index (χ3n) is 4.75. The molecule has 6 N–H and O–H groups in total. The van der Waals surface area contributed by atoms with Crippen molar-refractivity contribution in [2.75, 3.05) is 33.0 Å². The van der Waals surface area contributed by atoms with Crippen LogP contribution in [0.5, 0.6) is 0 Å². The molecule has 1 aliphatic rings. The van der Waals surface area contributed by atoms with E-state index in [-0.39, 0.29) is 18.4 Å². The summed E-state index contributed by atoms with van der Waals surface area (Å²) < 4.78 is 51.0. The van der Waals surface area contributed by atoms with Crippen molar-refractivity contribution in [3.8, 4) is 0 Å². The zero-order chi connectivity index (χ0) is 25.4. The third-order valence-corrected chi connectivity index (χ3v) is 11.0. The van der Waals surface area contributed by atoms with Crippen LogP contribution in [0.1, 0.15) is 0 Å². The number of hydrogen-bond donors (Lipinski definition) is 6. The second-order valence-corrected chi connectivity index (χ2v) is 19.1. The third kappa shape index (κ3) is 11.7. The zero-order valence-corrected chi connectivity index (χ0v) is 21.0. The van der Waals surface area contributed by atoms with Crippen LogP contribution in [0.2, 0.25) is 21.8 Å². The molecule has 0 aromatic rings. The molecule has 196 valence electrons. The van der Waals surface area contributed by atoms with E-state index < -0.39 is 92.5 Å². The van der Waals surface area contributed by atoms with Gasteiger partial charge in [0.1, 0.15) is 0 Å². The van der Waals surface area contributed by atoms with Crippen LogP contribution < -0.4 is 0 Å². The summed E-state index contributed by atoms with van der Waals surface area (Å²) in [7, 11) is -4.99. The zero-order valence-electron chi connectivity index (χ0n) is 18.3. The van der Waals surface area contributed by atoms with Crippen LogP contribution in [0, 0.1) is 5.92 Å². The fraction of sp³-hybridized carbons (Fsp3) is 0.941. The van der Waals surface area contributed by atoms with Gasteiger partial charge in [-0.3, -0.25) is 0 Å². The summed E-state index contributed by atoms with van der Waals surface area (Å²) in [5.74, 6) is -1.96. The number of carboxylic acids is 1. The summed E-state index contributed by atoms with van der Waals surface area (Å²) in [5, 5.41) is 58.2. The van der Waals surface area contributed by atoms with Gasteiger partial charge in [0.05, 0.1) is 0 Å². The average molecular weight is 568 g/mol. The molecule has 0 aromatic heterocycles. The van der Waals surface area contributed by atoms with Gasteiger partial charge < -0.3 is 0 Å². The van der Waals surface area contributed by atoms with E-state index in [4.69, 9.17) is 19.3 Å². The van der Waals surface area contributed by atoms with Crippen LogP contribution >= 0.6 is 0 Å². The van der Waals surface area contributed by atoms with E-state index in [1.807, 2.05) is 11.4 Å². The second kappa shape index (κ2) is 13.6. The molecule has 0 spiro atoms. The number of aliphatic hydroxyl groups excluding tert-OH is 5. The van der Waals surface area contributed by atoms with Gasteiger partial charge in [-0.25, -0.2) is 0 Å². The molecule has 7 atom stereocenters. The van der Waals surface area contributed by atoms with Crippen LogP contribution in [0.25, 0.3) is 0 Å². The Kier molecular flexibility index (Phi) is 12.6. The Bertz CT molecular complexity index is 704. The fourth-order valence-electron chi connectivity index (χ4n) is 3.18. The van der Waals surface area contributed by atoms with Gasteiger partial charge in [0.25, 0.3) is 0 Å². The summed E-state index contributed by atoms with van der Waals surface area (Å²) in [6, 6.07) is 0. The second-order valence-electron chi connectivity index (χ2n) is 8.41. The van der Waals surface area contributed by atoms with Crippen molar-refractivity contribution in [3.63, 3.8) is 0 Å². The van der Waals surface area contributed by atoms with Gasteiger partial charge in [0.15, 0.2) is 0 Å². The summed E-state index contributed by atoms with van der Waals surface area (Å²) in [5.41, 5.74) is 3.80. The standard InChI is InChI=1S/C17H33AsO14S/c1-18(2,3-10(16(24)25)6-29-7-11(20)5-19)4-13-14(22)15(23)17(32-13)30-8-12(21)9-31-33(26,27)28/h10-15,17,19-23H,3-9H2,1-2H3,(H-,24,25,26,27,28)/t10-,11?,12-,13+,14+,15+,17+/m0/s1. The fourth-order valence-corrected chi connectivity index (χ4v) is 9.55. The van der Waals surface area contributed by atoms with Crippen molar-refractivity contribution in [2.45, 2.75) is 58.6 Å². The maximum absolute atomic E-state index is 11.6. The normalized spacial score (nSPS) is 26.8. The van der Waals surface area contributed by atoms with E-state index in [1.165, 1.54) is 0 Å². The molecule has 0 amide bonds. The van der Waals surface area contributed by atoms with Gasteiger partial charge in [0, 0.05) is 0 Å². The van der Waals surface area contributed by atoms with Gasteiger partial charge in [-0.1, -0.05) is 0 Å². The van der Waals surface area contributed by atoms with Crippen molar-refractivity contribution in [1.29, 1.82) is 0 Å². The Morgan fingerprint density at radius 2 is 1.73 bits per heavy atom. The number of aliphatic hydroxyl groups is 5. The van der Waals surface area contributed by atoms with Crippen molar-refractivity contribution in [3.05, 3.63) is 0 Å². The molecule has 1 rings (SSSR count). The summed E-state index contributed by atoms with van der Waals surface area (Å²) >= 11 is -2.74. The Morgan fingerprint density at radius 3 is 2.27 bits per heavy atom. The first-order valence-corrected chi connectivity index (χ1v) is 17.7. The molecule has 1 heterocycles. The van der Waals surface area contributed by atoms with E-state index in [2.05, 4.69) is 4.18 Å². The first-order valence-electron chi connectivity index (χ1n) is 9.98. The Morgan fingerprint density at radius 1 is 1.09 bits per heavy atom. The van der Waals surface area contributed by atoms with E-state index in [0.29, 0.717) is 5.21 Å². The molecule has 0 aliphatic carbocycles. The molecule has 1 unspecified atom stereocenters. The number of carbonyl (C=O) groups is 1. The van der Waals surface area contributed by atoms with Crippen LogP contribution in [-0.4, -0.2) is 133 Å². The Balaban J connectivity index is 2.59. The van der Waals surface area contributed by atoms with Crippen LogP contribution in [0.3, 0.4) is 0 Å². The molecule has 0 saturated carbocycles. The van der Waals surface area contributed by atoms with E-state index >= 15 is 0 Å². The maximum atomic E-state index is 11.6. The quantitative estimate of drug-likeness (QED) is 0.0622. The van der Waals surface area contributed by atoms with Gasteiger partial charge in [0.2, 0.25) is 0 Å². The first kappa shape index (κ1) is 30.6. The van der Waals surface area contributed by atoms with Crippen LogP contribution in [0.4, 0.5) is 0 Å². The van der Waals surface area contributed by atoms with Crippen LogP contribution in [0.15, 0.2) is 0 Å². The topological polar surface area (TPSA) is 233 Å². The Labute approximate surface area is 194 Å². The van der Waals surface area contributed by atoms with Gasteiger partial charge in [-0.15, -0.1) is 0 Å². The van der Waals surface area contributed by atoms with E-state index in [1.54, 1.807) is 0 Å². The molecule has 0 bridgehead atoms. The van der Waals surface area contributed by atoms with Crippen molar-refractivity contribution in [1.82, 2.24) is 0 Å². The molecular weight excluding hydrogens is 535 g/mol. The number of hydrogen-bond acceptors (Lipinski definition) is 13. The minimum atomic E-state index is -4.99. The summed E-state index contributed by atoms with van der Waals surface area (Å²) in [6.07, 6.45) is -7.63. The Hall–Kier alpha value is -0.422. The molecule has 14 nitrogen and oxygen atoms in total. The average Bonchev–Trinajstić information content (AvgIpc) is 2.96. The number of ether oxygens (including phenoxy) is 3. The van der Waals surface area contributed by atoms with Gasteiger partial charge in [-0.05, 0) is 0 Å². The van der Waals surface area contributed by atoms with Gasteiger partial charge in [-0.2, -0.15) is 0 Å². The molecule has 33 heavy (non-hydrogen) atoms. The predicted molar refractivity (Wildman–Crippen MR) is 110 cm³/mol. The predicted octanol–water partition coefficient (Wildman–Crippen LogP) is -2.93. The molecule has 16 heteroatoms. The number of aliphatic carboxylic acids is 1. The molecule has 1 aliphatic heterocycles. The van der Waals surface area contributed by atoms with Crippen molar-refractivity contribution >= 4 is 29.9 Å². The number of rotatable bonds is 16. The number of carboxylic acid groups (broad SMARTS) is 1. The molecule has 1 fully saturated rings. The van der Waals surface area contributed by atoms with Crippen LogP contribution in [-0.2, 0) is 33.6 Å². The van der Waals surface area contributed by atoms with Gasteiger partial charge >= 0.3 is 194 Å². The minimum absolute atomic E-state index is 0.168. The SMILES string of the molecule is C[As+](C)(C[C@@H](COCC(O)CO)C(=O)O)C[C@H]1O[C@@H](OC[C@H](O)COS(=O)(=O)[O-])[C@H](O)[C@@H]1O. The summed E-state index contributed by atoms with van der Waals surface area (Å²) in [6.45, 7) is -2.28. The summed E-state index contributed by atoms with van der Waals surface area (Å²) in [4.78, 5) is 11.6. The van der Waals surface area contributed by atoms with E-state index in [9.17, 15) is 43.3 Å². The molecular formula is C17H33AsO14S. The first-order chi connectivity index (χ1) is 15.1. The van der Waals surface area contributed by atoms with E-state index in [0.717, 1.165) is 0 Å². The molecule has 0 radical (unpaired) electrons. The molecule has 0 aromatic carbocycles. The monoisotopic (exact) mass is 568 g/mol. The van der Waals surface area contributed by atoms with Crippen molar-refractivity contribution in [2.24, 2.45) is 5.92 Å². The molecule has 1 saturated heterocycles.